The molecule has 5 N–H and O–H groups in total. The highest BCUT2D eigenvalue weighted by atomic mass is 16.2. The summed E-state index contributed by atoms with van der Waals surface area (Å²) >= 11 is 0. The number of hydrogen-bond donors (Lipinski definition) is 3. The molecule has 2 amide bonds. The van der Waals surface area contributed by atoms with Crippen LogP contribution < -0.4 is 16.8 Å². The number of benzene rings is 3. The summed E-state index contributed by atoms with van der Waals surface area (Å²) in [5.74, 6) is -0.692. The normalized spacial score (nSPS) is 10.4. The Hall–Kier alpha value is -3.44. The van der Waals surface area contributed by atoms with E-state index in [0.29, 0.717) is 23.4 Å². The first-order valence-corrected chi connectivity index (χ1v) is 8.64. The Labute approximate surface area is 158 Å². The highest BCUT2D eigenvalue weighted by molar-refractivity contribution is 6.05. The molecule has 0 aliphatic rings. The van der Waals surface area contributed by atoms with Gasteiger partial charge in [-0.15, -0.1) is 0 Å². The van der Waals surface area contributed by atoms with Crippen LogP contribution in [-0.2, 0) is 17.8 Å². The van der Waals surface area contributed by atoms with E-state index in [2.05, 4.69) is 5.32 Å². The first-order chi connectivity index (χ1) is 13.1. The van der Waals surface area contributed by atoms with E-state index in [1.807, 2.05) is 42.5 Å². The third kappa shape index (κ3) is 4.59. The van der Waals surface area contributed by atoms with Crippen LogP contribution in [0.25, 0.3) is 11.1 Å². The monoisotopic (exact) mass is 359 g/mol. The molecule has 5 heteroatoms. The van der Waals surface area contributed by atoms with Gasteiger partial charge in [-0.2, -0.15) is 0 Å². The van der Waals surface area contributed by atoms with Crippen molar-refractivity contribution in [3.8, 4) is 11.1 Å². The molecule has 0 fully saturated rings. The van der Waals surface area contributed by atoms with Crippen molar-refractivity contribution in [1.82, 2.24) is 0 Å². The Morgan fingerprint density at radius 1 is 0.852 bits per heavy atom. The molecule has 3 aromatic rings. The Kier molecular flexibility index (Phi) is 5.64. The van der Waals surface area contributed by atoms with Crippen molar-refractivity contribution in [2.75, 3.05) is 5.32 Å². The van der Waals surface area contributed by atoms with Gasteiger partial charge in [0.1, 0.15) is 0 Å². The van der Waals surface area contributed by atoms with Crippen molar-refractivity contribution >= 4 is 17.5 Å². The van der Waals surface area contributed by atoms with Gasteiger partial charge in [0.15, 0.2) is 0 Å². The third-order valence-electron chi connectivity index (χ3n) is 4.25. The van der Waals surface area contributed by atoms with Crippen LogP contribution in [0, 0.1) is 0 Å². The van der Waals surface area contributed by atoms with Gasteiger partial charge in [-0.1, -0.05) is 48.5 Å². The molecule has 0 aliphatic carbocycles. The minimum absolute atomic E-state index is 0.0718. The maximum atomic E-state index is 12.7. The molecule has 3 rings (SSSR count). The first-order valence-electron chi connectivity index (χ1n) is 8.64. The number of nitrogens with one attached hydrogen (secondary N) is 1. The van der Waals surface area contributed by atoms with Crippen molar-refractivity contribution in [3.05, 3.63) is 89.5 Å². The lowest BCUT2D eigenvalue weighted by Gasteiger charge is -2.11. The summed E-state index contributed by atoms with van der Waals surface area (Å²) in [7, 11) is 0. The maximum Gasteiger partial charge on any atom is 0.255 e. The van der Waals surface area contributed by atoms with Gasteiger partial charge < -0.3 is 16.8 Å². The lowest BCUT2D eigenvalue weighted by Crippen LogP contribution is -2.17. The van der Waals surface area contributed by atoms with Crippen molar-refractivity contribution in [1.29, 1.82) is 0 Å². The number of carbonyl (C=O) groups is 2. The molecule has 0 saturated heterocycles. The standard InChI is InChI=1S/C22H21N3O2/c23-14-15-5-3-7-16(11-15)17-8-4-9-19(12-17)22(27)25-20-10-2-1-6-18(20)13-21(24)26/h1-12H,13-14,23H2,(H2,24,26)(H,25,27). The Morgan fingerprint density at radius 3 is 2.30 bits per heavy atom. The van der Waals surface area contributed by atoms with Gasteiger partial charge in [0.05, 0.1) is 6.42 Å². The molecule has 5 nitrogen and oxygen atoms in total. The molecule has 0 heterocycles. The quantitative estimate of drug-likeness (QED) is 0.631. The summed E-state index contributed by atoms with van der Waals surface area (Å²) in [5, 5.41) is 2.87. The van der Waals surface area contributed by atoms with E-state index in [1.165, 1.54) is 0 Å². The molecule has 0 bridgehead atoms. The predicted molar refractivity (Wildman–Crippen MR) is 107 cm³/mol. The molecule has 0 aliphatic heterocycles. The number of rotatable bonds is 6. The van der Waals surface area contributed by atoms with Gasteiger partial charge in [0, 0.05) is 17.8 Å². The molecule has 0 radical (unpaired) electrons. The summed E-state index contributed by atoms with van der Waals surface area (Å²) < 4.78 is 0. The van der Waals surface area contributed by atoms with Crippen molar-refractivity contribution in [3.63, 3.8) is 0 Å². The van der Waals surface area contributed by atoms with Crippen LogP contribution in [0.2, 0.25) is 0 Å². The van der Waals surface area contributed by atoms with Gasteiger partial charge in [-0.25, -0.2) is 0 Å². The van der Waals surface area contributed by atoms with Crippen LogP contribution in [0.4, 0.5) is 5.69 Å². The molecular weight excluding hydrogens is 338 g/mol. The van der Waals surface area contributed by atoms with Gasteiger partial charge >= 0.3 is 0 Å². The number of nitrogens with two attached hydrogens (primary N) is 2. The van der Waals surface area contributed by atoms with Crippen LogP contribution >= 0.6 is 0 Å². The smallest absolute Gasteiger partial charge is 0.255 e. The minimum atomic E-state index is -0.446. The molecule has 136 valence electrons. The summed E-state index contributed by atoms with van der Waals surface area (Å²) in [4.78, 5) is 23.9. The second-order valence-corrected chi connectivity index (χ2v) is 6.24. The van der Waals surface area contributed by atoms with Gasteiger partial charge in [-0.3, -0.25) is 9.59 Å². The second kappa shape index (κ2) is 8.29. The summed E-state index contributed by atoms with van der Waals surface area (Å²) in [6.07, 6.45) is 0.0718. The zero-order chi connectivity index (χ0) is 19.2. The Bertz CT molecular complexity index is 983. The summed E-state index contributed by atoms with van der Waals surface area (Å²) in [5.41, 5.74) is 15.8. The van der Waals surface area contributed by atoms with Crippen LogP contribution in [0.15, 0.2) is 72.8 Å². The predicted octanol–water partition coefficient (Wildman–Crippen LogP) is 3.09. The lowest BCUT2D eigenvalue weighted by molar-refractivity contribution is -0.117. The van der Waals surface area contributed by atoms with Gasteiger partial charge in [0.2, 0.25) is 5.91 Å². The maximum absolute atomic E-state index is 12.7. The van der Waals surface area contributed by atoms with Crippen LogP contribution in [0.3, 0.4) is 0 Å². The van der Waals surface area contributed by atoms with Crippen LogP contribution in [-0.4, -0.2) is 11.8 Å². The topological polar surface area (TPSA) is 98.2 Å². The molecule has 3 aromatic carbocycles. The number of amides is 2. The average Bonchev–Trinajstić information content (AvgIpc) is 2.69. The van der Waals surface area contributed by atoms with Crippen molar-refractivity contribution in [2.45, 2.75) is 13.0 Å². The average molecular weight is 359 g/mol. The second-order valence-electron chi connectivity index (χ2n) is 6.24. The Morgan fingerprint density at radius 2 is 1.56 bits per heavy atom. The number of carbonyl (C=O) groups excluding carboxylic acids is 2. The highest BCUT2D eigenvalue weighted by Crippen LogP contribution is 2.23. The van der Waals surface area contributed by atoms with E-state index in [-0.39, 0.29) is 12.3 Å². The molecule has 0 saturated carbocycles. The zero-order valence-electron chi connectivity index (χ0n) is 14.8. The molecule has 0 atom stereocenters. The number of para-hydroxylation sites is 1. The van der Waals surface area contributed by atoms with E-state index in [4.69, 9.17) is 11.5 Å². The van der Waals surface area contributed by atoms with Gasteiger partial charge in [0.25, 0.3) is 5.91 Å². The number of hydrogen-bond acceptors (Lipinski definition) is 3. The third-order valence-corrected chi connectivity index (χ3v) is 4.25. The van der Waals surface area contributed by atoms with Crippen molar-refractivity contribution in [2.24, 2.45) is 11.5 Å². The minimum Gasteiger partial charge on any atom is -0.369 e. The van der Waals surface area contributed by atoms with Crippen LogP contribution in [0.5, 0.6) is 0 Å². The summed E-state index contributed by atoms with van der Waals surface area (Å²) in [6.45, 7) is 0.463. The van der Waals surface area contributed by atoms with E-state index in [9.17, 15) is 9.59 Å². The fourth-order valence-corrected chi connectivity index (χ4v) is 2.90. The fourth-order valence-electron chi connectivity index (χ4n) is 2.90. The molecule has 27 heavy (non-hydrogen) atoms. The van der Waals surface area contributed by atoms with E-state index in [1.54, 1.807) is 30.3 Å². The zero-order valence-corrected chi connectivity index (χ0v) is 14.8. The van der Waals surface area contributed by atoms with Crippen LogP contribution in [0.1, 0.15) is 21.5 Å². The largest absolute Gasteiger partial charge is 0.369 e. The first kappa shape index (κ1) is 18.4. The number of primary amides is 1. The highest BCUT2D eigenvalue weighted by Gasteiger charge is 2.11. The molecular formula is C22H21N3O2. The molecule has 0 aromatic heterocycles. The lowest BCUT2D eigenvalue weighted by atomic mass is 10.0. The molecule has 0 unspecified atom stereocenters. The fraction of sp³-hybridized carbons (Fsp3) is 0.0909. The molecule has 0 spiro atoms. The van der Waals surface area contributed by atoms with Crippen molar-refractivity contribution < 1.29 is 9.59 Å². The van der Waals surface area contributed by atoms with Gasteiger partial charge in [-0.05, 0) is 46.5 Å². The van der Waals surface area contributed by atoms with E-state index < -0.39 is 5.91 Å². The van der Waals surface area contributed by atoms with E-state index in [0.717, 1.165) is 16.7 Å². The SMILES string of the molecule is NCc1cccc(-c2cccc(C(=O)Nc3ccccc3CC(N)=O)c2)c1. The summed E-state index contributed by atoms with van der Waals surface area (Å²) in [6, 6.07) is 22.4. The Balaban J connectivity index is 1.85. The van der Waals surface area contributed by atoms with E-state index >= 15 is 0 Å². The number of anilines is 1.